The summed E-state index contributed by atoms with van der Waals surface area (Å²) in [6, 6.07) is 15.2. The fourth-order valence-corrected chi connectivity index (χ4v) is 3.51. The van der Waals surface area contributed by atoms with Gasteiger partial charge in [0.1, 0.15) is 23.4 Å². The van der Waals surface area contributed by atoms with Crippen molar-refractivity contribution in [2.24, 2.45) is 5.16 Å². The van der Waals surface area contributed by atoms with E-state index >= 15 is 0 Å². The first kappa shape index (κ1) is 23.4. The first-order valence-electron chi connectivity index (χ1n) is 9.67. The van der Waals surface area contributed by atoms with Gasteiger partial charge in [0.25, 0.3) is 0 Å². The van der Waals surface area contributed by atoms with Crippen molar-refractivity contribution in [3.05, 3.63) is 69.8 Å². The molecule has 5 nitrogen and oxygen atoms in total. The molecule has 0 bridgehead atoms. The molecular formula is C23H23BrClN3O2S. The molecule has 31 heavy (non-hydrogen) atoms. The summed E-state index contributed by atoms with van der Waals surface area (Å²) in [5.41, 5.74) is 1.38. The second-order valence-electron chi connectivity index (χ2n) is 7.61. The van der Waals surface area contributed by atoms with Crippen LogP contribution < -0.4 is 10.1 Å². The lowest BCUT2D eigenvalue weighted by Gasteiger charge is -2.26. The quantitative estimate of drug-likeness (QED) is 0.214. The molecule has 1 aromatic heterocycles. The molecule has 8 heteroatoms. The Morgan fingerprint density at radius 1 is 1.26 bits per heavy atom. The number of ether oxygens (including phenoxy) is 1. The van der Waals surface area contributed by atoms with E-state index in [1.807, 2.05) is 69.3 Å². The zero-order valence-corrected chi connectivity index (χ0v) is 20.6. The van der Waals surface area contributed by atoms with E-state index in [-0.39, 0.29) is 6.10 Å². The van der Waals surface area contributed by atoms with Crippen LogP contribution in [0.1, 0.15) is 26.3 Å². The van der Waals surface area contributed by atoms with E-state index in [9.17, 15) is 0 Å². The van der Waals surface area contributed by atoms with Gasteiger partial charge in [0, 0.05) is 21.1 Å². The molecule has 1 unspecified atom stereocenters. The molecule has 2 aromatic carbocycles. The Bertz CT molecular complexity index is 1090. The van der Waals surface area contributed by atoms with Gasteiger partial charge in [-0.05, 0) is 78.7 Å². The maximum Gasteiger partial charge on any atom is 0.146 e. The predicted octanol–water partition coefficient (Wildman–Crippen LogP) is 6.32. The summed E-state index contributed by atoms with van der Waals surface area (Å²) in [4.78, 5) is 10.3. The molecule has 1 heterocycles. The Morgan fingerprint density at radius 2 is 2.00 bits per heavy atom. The van der Waals surface area contributed by atoms with Gasteiger partial charge in [0.2, 0.25) is 0 Å². The summed E-state index contributed by atoms with van der Waals surface area (Å²) >= 11 is 14.9. The van der Waals surface area contributed by atoms with Crippen LogP contribution in [0.5, 0.6) is 5.75 Å². The van der Waals surface area contributed by atoms with Gasteiger partial charge in [0.05, 0.1) is 17.3 Å². The Kier molecular flexibility index (Phi) is 7.86. The van der Waals surface area contributed by atoms with E-state index in [2.05, 4.69) is 31.4 Å². The molecule has 0 radical (unpaired) electrons. The van der Waals surface area contributed by atoms with Gasteiger partial charge in [-0.3, -0.25) is 4.98 Å². The first-order chi connectivity index (χ1) is 14.7. The van der Waals surface area contributed by atoms with Crippen LogP contribution in [0, 0.1) is 0 Å². The summed E-state index contributed by atoms with van der Waals surface area (Å²) < 4.78 is 6.95. The first-order valence-corrected chi connectivity index (χ1v) is 11.2. The topological polar surface area (TPSA) is 55.7 Å². The third-order valence-corrected chi connectivity index (χ3v) is 5.46. The second kappa shape index (κ2) is 10.4. The molecule has 0 spiro atoms. The average molecular weight is 521 g/mol. The van der Waals surface area contributed by atoms with Crippen molar-refractivity contribution in [1.82, 2.24) is 10.3 Å². The number of fused-ring (bicyclic) bond motifs is 1. The Hall–Kier alpha value is -2.22. The highest BCUT2D eigenvalue weighted by Crippen LogP contribution is 2.23. The van der Waals surface area contributed by atoms with E-state index in [1.165, 1.54) is 0 Å². The van der Waals surface area contributed by atoms with Crippen molar-refractivity contribution >= 4 is 61.9 Å². The van der Waals surface area contributed by atoms with Crippen LogP contribution >= 0.6 is 39.7 Å². The number of nitrogens with one attached hydrogen (secondary N) is 1. The third kappa shape index (κ3) is 7.16. The number of hydrogen-bond donors (Lipinski definition) is 1. The van der Waals surface area contributed by atoms with E-state index < -0.39 is 5.54 Å². The van der Waals surface area contributed by atoms with Crippen molar-refractivity contribution in [2.75, 3.05) is 0 Å². The molecule has 1 N–H and O–H groups in total. The highest BCUT2D eigenvalue weighted by atomic mass is 79.9. The van der Waals surface area contributed by atoms with Crippen LogP contribution in [0.25, 0.3) is 10.9 Å². The molecule has 0 saturated heterocycles. The van der Waals surface area contributed by atoms with Gasteiger partial charge in [-0.2, -0.15) is 0 Å². The average Bonchev–Trinajstić information content (AvgIpc) is 2.72. The van der Waals surface area contributed by atoms with Gasteiger partial charge >= 0.3 is 0 Å². The number of aromatic nitrogens is 1. The Balaban J connectivity index is 1.53. The monoisotopic (exact) mass is 519 g/mol. The zero-order valence-electron chi connectivity index (χ0n) is 17.4. The number of oxime groups is 1. The van der Waals surface area contributed by atoms with Crippen LogP contribution in [-0.2, 0) is 11.4 Å². The minimum atomic E-state index is -0.507. The van der Waals surface area contributed by atoms with Gasteiger partial charge < -0.3 is 14.9 Å². The molecule has 0 aliphatic carbocycles. The molecular weight excluding hydrogens is 498 g/mol. The number of pyridine rings is 1. The Morgan fingerprint density at radius 3 is 2.74 bits per heavy atom. The summed E-state index contributed by atoms with van der Waals surface area (Å²) in [5.74, 6) is 0.724. The Labute approximate surface area is 200 Å². The lowest BCUT2D eigenvalue weighted by atomic mass is 10.1. The zero-order chi connectivity index (χ0) is 22.4. The van der Waals surface area contributed by atoms with Gasteiger partial charge in [-0.15, -0.1) is 0 Å². The molecule has 0 saturated carbocycles. The lowest BCUT2D eigenvalue weighted by molar-refractivity contribution is 0.130. The molecule has 0 aliphatic heterocycles. The number of halogens is 2. The van der Waals surface area contributed by atoms with Gasteiger partial charge in [-0.25, -0.2) is 0 Å². The number of nitrogens with zero attached hydrogens (tertiary/aromatic N) is 2. The van der Waals surface area contributed by atoms with E-state index in [1.54, 1.807) is 12.4 Å². The molecule has 0 amide bonds. The highest BCUT2D eigenvalue weighted by Gasteiger charge is 2.20. The minimum Gasteiger partial charge on any atom is -0.484 e. The fraction of sp³-hybridized carbons (Fsp3) is 0.261. The van der Waals surface area contributed by atoms with E-state index in [4.69, 9.17) is 33.4 Å². The highest BCUT2D eigenvalue weighted by molar-refractivity contribution is 9.10. The molecule has 1 atom stereocenters. The van der Waals surface area contributed by atoms with E-state index in [0.717, 1.165) is 26.7 Å². The lowest BCUT2D eigenvalue weighted by Crippen LogP contribution is -2.48. The maximum atomic E-state index is 6.03. The van der Waals surface area contributed by atoms with Crippen LogP contribution in [0.15, 0.2) is 64.4 Å². The number of thiocarbonyl (C=S) groups is 1. The smallest absolute Gasteiger partial charge is 0.146 e. The van der Waals surface area contributed by atoms with Crippen molar-refractivity contribution < 1.29 is 9.57 Å². The summed E-state index contributed by atoms with van der Waals surface area (Å²) in [6.07, 6.45) is 3.13. The number of rotatable bonds is 8. The summed E-state index contributed by atoms with van der Waals surface area (Å²) in [5, 5.41) is 9.02. The van der Waals surface area contributed by atoms with Gasteiger partial charge in [0.15, 0.2) is 0 Å². The van der Waals surface area contributed by atoms with Crippen LogP contribution in [-0.4, -0.2) is 27.8 Å². The largest absolute Gasteiger partial charge is 0.484 e. The van der Waals surface area contributed by atoms with Crippen molar-refractivity contribution in [1.29, 1.82) is 0 Å². The number of benzene rings is 2. The molecule has 3 rings (SSSR count). The molecule has 3 aromatic rings. The van der Waals surface area contributed by atoms with Crippen LogP contribution in [0.4, 0.5) is 0 Å². The van der Waals surface area contributed by atoms with Crippen molar-refractivity contribution in [3.8, 4) is 5.75 Å². The minimum absolute atomic E-state index is 0.324. The van der Waals surface area contributed by atoms with Gasteiger partial charge in [-0.1, -0.05) is 41.1 Å². The maximum absolute atomic E-state index is 6.03. The fourth-order valence-electron chi connectivity index (χ4n) is 2.73. The SMILES string of the molecule is CC(Oc1ccc2ncc(Br)cc2c1)C(=S)NC(C)(C)C=NOCc1ccc(Cl)cc1. The standard InChI is InChI=1S/C23H23BrClN3O2S/c1-15(30-20-8-9-21-17(11-20)10-18(24)12-26-21)22(31)28-23(2,3)14-27-29-13-16-4-6-19(25)7-5-16/h4-12,14-15H,13H2,1-3H3,(H,28,31). The van der Waals surface area contributed by atoms with Crippen molar-refractivity contribution in [2.45, 2.75) is 39.0 Å². The molecule has 0 fully saturated rings. The summed E-state index contributed by atoms with van der Waals surface area (Å²) in [6.45, 7) is 6.18. The predicted molar refractivity (Wildman–Crippen MR) is 134 cm³/mol. The normalized spacial score (nSPS) is 12.7. The molecule has 162 valence electrons. The van der Waals surface area contributed by atoms with Crippen molar-refractivity contribution in [3.63, 3.8) is 0 Å². The van der Waals surface area contributed by atoms with Crippen LogP contribution in [0.3, 0.4) is 0 Å². The summed E-state index contributed by atoms with van der Waals surface area (Å²) in [7, 11) is 0. The van der Waals surface area contributed by atoms with Crippen LogP contribution in [0.2, 0.25) is 5.02 Å². The molecule has 0 aliphatic rings. The second-order valence-corrected chi connectivity index (χ2v) is 9.41. The number of hydrogen-bond acceptors (Lipinski definition) is 5. The van der Waals surface area contributed by atoms with E-state index in [0.29, 0.717) is 16.6 Å². The third-order valence-electron chi connectivity index (χ3n) is 4.34.